The number of nitrogens with zero attached hydrogens (tertiary/aromatic N) is 1. The number of hydrogen-bond donors (Lipinski definition) is 2. The first kappa shape index (κ1) is 21.5. The standard InChI is InChI=1S/C26H28N2O5/c1-26(17-10-11-17,24(31)28-13-16(14-28)12-23(29)30)27-25(32)33-15-22-20-8-4-2-6-18(20)19-7-3-5-9-21(19)22/h2-9,16-17,22H,10-15H2,1H3,(H,27,32)(H,29,30). The highest BCUT2D eigenvalue weighted by Gasteiger charge is 2.52. The van der Waals surface area contributed by atoms with Crippen LogP contribution in [0.2, 0.25) is 0 Å². The van der Waals surface area contributed by atoms with Crippen molar-refractivity contribution in [3.8, 4) is 11.1 Å². The molecule has 2 aliphatic carbocycles. The van der Waals surface area contributed by atoms with Gasteiger partial charge < -0.3 is 20.1 Å². The summed E-state index contributed by atoms with van der Waals surface area (Å²) in [6.07, 6.45) is 1.21. The Labute approximate surface area is 192 Å². The van der Waals surface area contributed by atoms with Crippen LogP contribution >= 0.6 is 0 Å². The summed E-state index contributed by atoms with van der Waals surface area (Å²) < 4.78 is 5.67. The van der Waals surface area contributed by atoms with Crippen LogP contribution in [0, 0.1) is 11.8 Å². The van der Waals surface area contributed by atoms with Gasteiger partial charge in [-0.05, 0) is 47.9 Å². The molecule has 1 heterocycles. The van der Waals surface area contributed by atoms with Crippen LogP contribution in [0.3, 0.4) is 0 Å². The smallest absolute Gasteiger partial charge is 0.408 e. The number of carboxylic acid groups (broad SMARTS) is 1. The number of carboxylic acids is 1. The largest absolute Gasteiger partial charge is 0.481 e. The highest BCUT2D eigenvalue weighted by Crippen LogP contribution is 2.45. The zero-order valence-corrected chi connectivity index (χ0v) is 18.6. The number of ether oxygens (including phenoxy) is 1. The fourth-order valence-corrected chi connectivity index (χ4v) is 5.28. The number of fused-ring (bicyclic) bond motifs is 3. The van der Waals surface area contributed by atoms with E-state index in [1.165, 1.54) is 0 Å². The molecule has 0 bridgehead atoms. The maximum Gasteiger partial charge on any atom is 0.408 e. The van der Waals surface area contributed by atoms with Crippen molar-refractivity contribution in [2.24, 2.45) is 11.8 Å². The third kappa shape index (κ3) is 3.96. The number of aliphatic carboxylic acids is 1. The van der Waals surface area contributed by atoms with Gasteiger partial charge in [0.1, 0.15) is 12.1 Å². The molecule has 2 aromatic carbocycles. The predicted molar refractivity (Wildman–Crippen MR) is 122 cm³/mol. The van der Waals surface area contributed by atoms with E-state index in [2.05, 4.69) is 29.6 Å². The quantitative estimate of drug-likeness (QED) is 0.674. The molecular formula is C26H28N2O5. The number of rotatable bonds is 7. The van der Waals surface area contributed by atoms with E-state index in [0.29, 0.717) is 13.1 Å². The Bertz CT molecular complexity index is 1060. The number of benzene rings is 2. The highest BCUT2D eigenvalue weighted by atomic mass is 16.5. The molecule has 0 spiro atoms. The van der Waals surface area contributed by atoms with Gasteiger partial charge in [0.25, 0.3) is 0 Å². The number of carbonyl (C=O) groups excluding carboxylic acids is 2. The molecule has 2 N–H and O–H groups in total. The van der Waals surface area contributed by atoms with E-state index in [0.717, 1.165) is 35.1 Å². The van der Waals surface area contributed by atoms with Crippen LogP contribution in [-0.4, -0.2) is 53.2 Å². The summed E-state index contributed by atoms with van der Waals surface area (Å²) in [5.41, 5.74) is 3.56. The van der Waals surface area contributed by atoms with Crippen LogP contribution in [0.15, 0.2) is 48.5 Å². The van der Waals surface area contributed by atoms with Crippen molar-refractivity contribution in [1.29, 1.82) is 0 Å². The molecule has 0 radical (unpaired) electrons. The number of alkyl carbamates (subject to hydrolysis) is 1. The lowest BCUT2D eigenvalue weighted by molar-refractivity contribution is -0.149. The van der Waals surface area contributed by atoms with Crippen LogP contribution in [-0.2, 0) is 14.3 Å². The van der Waals surface area contributed by atoms with E-state index < -0.39 is 17.6 Å². The van der Waals surface area contributed by atoms with E-state index in [1.807, 2.05) is 24.3 Å². The average molecular weight is 449 g/mol. The molecule has 7 nitrogen and oxygen atoms in total. The number of amides is 2. The Morgan fingerprint density at radius 2 is 1.61 bits per heavy atom. The number of nitrogens with one attached hydrogen (secondary N) is 1. The van der Waals surface area contributed by atoms with Crippen molar-refractivity contribution in [2.45, 2.75) is 37.6 Å². The Balaban J connectivity index is 1.24. The third-order valence-corrected chi connectivity index (χ3v) is 7.25. The zero-order valence-electron chi connectivity index (χ0n) is 18.6. The Kier molecular flexibility index (Phi) is 5.35. The first-order chi connectivity index (χ1) is 15.9. The topological polar surface area (TPSA) is 95.9 Å². The molecule has 2 aromatic rings. The molecule has 2 fully saturated rings. The van der Waals surface area contributed by atoms with Crippen LogP contribution in [0.4, 0.5) is 4.79 Å². The van der Waals surface area contributed by atoms with E-state index >= 15 is 0 Å². The number of hydrogen-bond acceptors (Lipinski definition) is 4. The van der Waals surface area contributed by atoms with Gasteiger partial charge in [-0.3, -0.25) is 9.59 Å². The Morgan fingerprint density at radius 3 is 2.15 bits per heavy atom. The first-order valence-corrected chi connectivity index (χ1v) is 11.5. The molecule has 7 heteroatoms. The first-order valence-electron chi connectivity index (χ1n) is 11.5. The molecule has 1 saturated heterocycles. The van der Waals surface area contributed by atoms with E-state index in [4.69, 9.17) is 9.84 Å². The van der Waals surface area contributed by atoms with Crippen molar-refractivity contribution in [1.82, 2.24) is 10.2 Å². The lowest BCUT2D eigenvalue weighted by Gasteiger charge is -2.44. The minimum atomic E-state index is -1.03. The lowest BCUT2D eigenvalue weighted by atomic mass is 9.89. The van der Waals surface area contributed by atoms with Gasteiger partial charge >= 0.3 is 12.1 Å². The SMILES string of the molecule is CC(NC(=O)OCC1c2ccccc2-c2ccccc21)(C(=O)N1CC(CC(=O)O)C1)C1CC1. The van der Waals surface area contributed by atoms with Gasteiger partial charge in [-0.15, -0.1) is 0 Å². The molecule has 5 rings (SSSR count). The van der Waals surface area contributed by atoms with Crippen molar-refractivity contribution in [3.63, 3.8) is 0 Å². The zero-order chi connectivity index (χ0) is 23.2. The second kappa shape index (κ2) is 8.21. The van der Waals surface area contributed by atoms with Gasteiger partial charge in [0, 0.05) is 24.9 Å². The van der Waals surface area contributed by atoms with Crippen LogP contribution in [0.5, 0.6) is 0 Å². The van der Waals surface area contributed by atoms with Gasteiger partial charge in [-0.2, -0.15) is 0 Å². The van der Waals surface area contributed by atoms with E-state index in [-0.39, 0.29) is 36.7 Å². The average Bonchev–Trinajstić information content (AvgIpc) is 3.58. The maximum absolute atomic E-state index is 13.2. The Morgan fingerprint density at radius 1 is 1.03 bits per heavy atom. The fraction of sp³-hybridized carbons (Fsp3) is 0.423. The normalized spacial score (nSPS) is 19.1. The third-order valence-electron chi connectivity index (χ3n) is 7.25. The molecule has 172 valence electrons. The molecule has 3 aliphatic rings. The second-order valence-electron chi connectivity index (χ2n) is 9.60. The number of carbonyl (C=O) groups is 3. The second-order valence-corrected chi connectivity index (χ2v) is 9.60. The van der Waals surface area contributed by atoms with Crippen LogP contribution < -0.4 is 5.32 Å². The molecule has 1 unspecified atom stereocenters. The predicted octanol–water partition coefficient (Wildman–Crippen LogP) is 3.63. The minimum Gasteiger partial charge on any atom is -0.481 e. The summed E-state index contributed by atoms with van der Waals surface area (Å²) in [7, 11) is 0. The number of likely N-dealkylation sites (tertiary alicyclic amines) is 1. The summed E-state index contributed by atoms with van der Waals surface area (Å²) in [4.78, 5) is 38.6. The molecular weight excluding hydrogens is 420 g/mol. The van der Waals surface area contributed by atoms with Crippen molar-refractivity contribution in [3.05, 3.63) is 59.7 Å². The Hall–Kier alpha value is -3.35. The van der Waals surface area contributed by atoms with E-state index in [1.54, 1.807) is 11.8 Å². The monoisotopic (exact) mass is 448 g/mol. The molecule has 1 saturated carbocycles. The molecule has 0 aromatic heterocycles. The highest BCUT2D eigenvalue weighted by molar-refractivity contribution is 5.91. The van der Waals surface area contributed by atoms with Crippen molar-refractivity contribution < 1.29 is 24.2 Å². The fourth-order valence-electron chi connectivity index (χ4n) is 5.28. The van der Waals surface area contributed by atoms with Crippen LogP contribution in [0.25, 0.3) is 11.1 Å². The summed E-state index contributed by atoms with van der Waals surface area (Å²) in [6.45, 7) is 2.79. The van der Waals surface area contributed by atoms with Crippen molar-refractivity contribution >= 4 is 18.0 Å². The minimum absolute atomic E-state index is 0.0237. The van der Waals surface area contributed by atoms with Gasteiger partial charge in [0.15, 0.2) is 0 Å². The molecule has 1 atom stereocenters. The molecule has 2 amide bonds. The maximum atomic E-state index is 13.2. The van der Waals surface area contributed by atoms with Crippen molar-refractivity contribution in [2.75, 3.05) is 19.7 Å². The summed E-state index contributed by atoms with van der Waals surface area (Å²) in [5, 5.41) is 11.8. The molecule has 33 heavy (non-hydrogen) atoms. The summed E-state index contributed by atoms with van der Waals surface area (Å²) in [5.74, 6) is -1.000. The van der Waals surface area contributed by atoms with Gasteiger partial charge in [-0.25, -0.2) is 4.79 Å². The van der Waals surface area contributed by atoms with E-state index in [9.17, 15) is 14.4 Å². The van der Waals surface area contributed by atoms with Gasteiger partial charge in [0.05, 0.1) is 6.42 Å². The molecule has 1 aliphatic heterocycles. The van der Waals surface area contributed by atoms with Gasteiger partial charge in [-0.1, -0.05) is 48.5 Å². The lowest BCUT2D eigenvalue weighted by Crippen LogP contribution is -2.64. The summed E-state index contributed by atoms with van der Waals surface area (Å²) >= 11 is 0. The van der Waals surface area contributed by atoms with Gasteiger partial charge in [0.2, 0.25) is 5.91 Å². The van der Waals surface area contributed by atoms with Crippen LogP contribution in [0.1, 0.15) is 43.2 Å². The summed E-state index contributed by atoms with van der Waals surface area (Å²) in [6, 6.07) is 16.3.